The molecule has 0 amide bonds. The fourth-order valence-electron chi connectivity index (χ4n) is 30.3. The van der Waals surface area contributed by atoms with Gasteiger partial charge in [0.15, 0.2) is 24.8 Å². The van der Waals surface area contributed by atoms with Crippen molar-refractivity contribution in [3.8, 4) is 89.5 Å². The number of pyridine rings is 4. The van der Waals surface area contributed by atoms with Crippen LogP contribution in [0.5, 0.6) is 0 Å². The van der Waals surface area contributed by atoms with E-state index < -0.39 is 0 Å². The molecule has 136 heavy (non-hydrogen) atoms. The van der Waals surface area contributed by atoms with Crippen LogP contribution in [-0.4, -0.2) is 0 Å². The van der Waals surface area contributed by atoms with Gasteiger partial charge in [-0.15, -0.1) is 0 Å². The number of hydrogen-bond acceptors (Lipinski definition) is 0. The normalized spacial score (nSPS) is 20.5. The van der Waals surface area contributed by atoms with Crippen molar-refractivity contribution < 1.29 is 18.3 Å². The van der Waals surface area contributed by atoms with Crippen LogP contribution >= 0.6 is 0 Å². The maximum Gasteiger partial charge on any atom is 0.213 e. The van der Waals surface area contributed by atoms with E-state index in [0.29, 0.717) is 27.6 Å². The first kappa shape index (κ1) is 92.7. The highest BCUT2D eigenvalue weighted by molar-refractivity contribution is 5.91. The highest BCUT2D eigenvalue weighted by Crippen LogP contribution is 2.60. The lowest BCUT2D eigenvalue weighted by molar-refractivity contribution is -0.660. The maximum atomic E-state index is 2.59. The predicted molar refractivity (Wildman–Crippen MR) is 569 cm³/mol. The lowest BCUT2D eigenvalue weighted by atomic mass is 9.62. The Bertz CT molecular complexity index is 6580. The zero-order chi connectivity index (χ0) is 93.8. The zero-order valence-electron chi connectivity index (χ0n) is 86.5. The summed E-state index contributed by atoms with van der Waals surface area (Å²) < 4.78 is 9.33. The molecule has 4 spiro atoms. The summed E-state index contributed by atoms with van der Waals surface area (Å²) in [5, 5.41) is 0. The molecule has 0 radical (unpaired) electrons. The van der Waals surface area contributed by atoms with Gasteiger partial charge in [-0.05, 0) is 464 Å². The van der Waals surface area contributed by atoms with Gasteiger partial charge in [-0.25, -0.2) is 18.3 Å². The summed E-state index contributed by atoms with van der Waals surface area (Å²) in [6.07, 6.45) is 65.7. The summed E-state index contributed by atoms with van der Waals surface area (Å²) in [6, 6.07) is 57.8. The van der Waals surface area contributed by atoms with E-state index >= 15 is 0 Å². The monoisotopic (exact) mass is 1800 g/mol. The first-order valence-corrected chi connectivity index (χ1v) is 54.7. The molecular formula is C132H160N4+4. The summed E-state index contributed by atoms with van der Waals surface area (Å²) in [6.45, 7) is 27.0. The maximum absolute atomic E-state index is 2.59. The second-order valence-electron chi connectivity index (χ2n) is 47.3. The molecule has 12 aliphatic rings. The minimum Gasteiger partial charge on any atom is -0.201 e. The van der Waals surface area contributed by atoms with Crippen molar-refractivity contribution in [3.63, 3.8) is 0 Å². The van der Waals surface area contributed by atoms with Crippen molar-refractivity contribution in [2.45, 2.75) is 364 Å². The Morgan fingerprint density at radius 3 is 0.978 bits per heavy atom. The summed E-state index contributed by atoms with van der Waals surface area (Å²) >= 11 is 0. The van der Waals surface area contributed by atoms with Gasteiger partial charge in [0.25, 0.3) is 0 Å². The van der Waals surface area contributed by atoms with Gasteiger partial charge in [0, 0.05) is 46.5 Å². The van der Waals surface area contributed by atoms with Crippen LogP contribution in [0.1, 0.15) is 388 Å². The molecule has 4 aromatic heterocycles. The molecule has 4 heteroatoms. The van der Waals surface area contributed by atoms with Crippen LogP contribution in [0.3, 0.4) is 0 Å². The standard InChI is InChI=1S/4C33H40N/c1-22-19-30(34(4)21-24(22)3)31-23(2)18-28(32-27-11-7-6-10-26(27)20-29(31)32)25-12-16-33(17-13-25)14-8-5-9-15-33;1-22-8-11-28-29-19-26(25-12-16-33(17-13-25)14-6-5-7-15-33)9-10-27(29)20-30(28)32(22)31-18-23(2)24(3)21-34(31)4;1-22-8-10-29-28-11-9-26(25-12-16-33(17-13-25)14-6-5-7-15-33)19-27(28)20-30(29)32(22)31-18-23(2)24(3)21-34(31)4;1-22-11-12-28-29(31(22)30-19-23(2)24(3)21-34(30)4)20-26-9-8-10-27(32(26)28)25-13-17-33(18-14-25)15-6-5-7-16-33/h6-7,10-11,18-19,21,25H,5,8-9,12-17,20H2,1-4H3;2*8-11,18-19,21,25H,5-7,12-17,20H2,1-4H3;8-12,19,21,25H,5-7,13-18,20H2,1-4H3/q4*+1. The van der Waals surface area contributed by atoms with Crippen LogP contribution < -0.4 is 18.3 Å². The smallest absolute Gasteiger partial charge is 0.201 e. The Morgan fingerprint density at radius 1 is 0.206 bits per heavy atom. The molecule has 0 N–H and O–H groups in total. The lowest BCUT2D eigenvalue weighted by Gasteiger charge is -2.43. The Balaban J connectivity index is 0.000000108. The molecule has 4 nitrogen and oxygen atoms in total. The van der Waals surface area contributed by atoms with Gasteiger partial charge in [-0.2, -0.15) is 0 Å². The Kier molecular flexibility index (Phi) is 25.8. The van der Waals surface area contributed by atoms with E-state index in [1.54, 1.807) is 55.6 Å². The van der Waals surface area contributed by atoms with Crippen molar-refractivity contribution >= 4 is 0 Å². The molecule has 704 valence electrons. The first-order valence-electron chi connectivity index (χ1n) is 54.7. The Labute approximate surface area is 819 Å². The van der Waals surface area contributed by atoms with Gasteiger partial charge in [-0.1, -0.05) is 198 Å². The summed E-state index contributed by atoms with van der Waals surface area (Å²) in [7, 11) is 8.82. The van der Waals surface area contributed by atoms with Crippen LogP contribution in [0.4, 0.5) is 0 Å². The lowest BCUT2D eigenvalue weighted by Crippen LogP contribution is -2.32. The minimum atomic E-state index is 0.679. The van der Waals surface area contributed by atoms with Crippen molar-refractivity contribution in [2.24, 2.45) is 49.9 Å². The highest BCUT2D eigenvalue weighted by Gasteiger charge is 2.45. The van der Waals surface area contributed by atoms with E-state index in [1.165, 1.54) is 399 Å². The summed E-state index contributed by atoms with van der Waals surface area (Å²) in [5.41, 5.74) is 61.3. The number of nitrogens with zero attached hydrogens (tertiary/aromatic N) is 4. The summed E-state index contributed by atoms with van der Waals surface area (Å²) in [5.74, 6) is 2.97. The number of hydrogen-bond donors (Lipinski definition) is 0. The van der Waals surface area contributed by atoms with Gasteiger partial charge in [-0.3, -0.25) is 0 Å². The molecule has 0 atom stereocenters. The minimum absolute atomic E-state index is 0.679. The van der Waals surface area contributed by atoms with Gasteiger partial charge < -0.3 is 0 Å². The van der Waals surface area contributed by atoms with Gasteiger partial charge in [0.05, 0.1) is 22.3 Å². The van der Waals surface area contributed by atoms with Crippen molar-refractivity contribution in [2.75, 3.05) is 0 Å². The number of benzene rings is 8. The van der Waals surface area contributed by atoms with Gasteiger partial charge >= 0.3 is 0 Å². The molecule has 8 fully saturated rings. The second-order valence-corrected chi connectivity index (χ2v) is 47.3. The molecule has 0 aliphatic heterocycles. The highest BCUT2D eigenvalue weighted by atomic mass is 14.9. The van der Waals surface area contributed by atoms with E-state index in [2.05, 4.69) is 300 Å². The Hall–Kier alpha value is -9.64. The number of aryl methyl sites for hydroxylation is 16. The molecule has 12 aromatic rings. The number of fused-ring (bicyclic) bond motifs is 12. The zero-order valence-corrected chi connectivity index (χ0v) is 86.5. The number of rotatable bonds is 8. The van der Waals surface area contributed by atoms with Gasteiger partial charge in [0.1, 0.15) is 28.2 Å². The van der Waals surface area contributed by atoms with E-state index in [-0.39, 0.29) is 0 Å². The van der Waals surface area contributed by atoms with E-state index in [9.17, 15) is 0 Å². The van der Waals surface area contributed by atoms with Crippen molar-refractivity contribution in [3.05, 3.63) is 304 Å². The van der Waals surface area contributed by atoms with Crippen molar-refractivity contribution in [1.29, 1.82) is 0 Å². The van der Waals surface area contributed by atoms with E-state index in [4.69, 9.17) is 0 Å². The third kappa shape index (κ3) is 17.6. The SMILES string of the molecule is Cc1cc(-c2c(C)cc(C3CCC4(CCCCC4)CC3)c3c2Cc2ccccc2-3)[n+](C)cc1C.Cc1cc(-c2c(C)ccc3c2Cc2cc(C4CCC5(CCCCC5)CC4)ccc2-3)[n+](C)cc1C.Cc1cc(-c2c(C)ccc3c2Cc2ccc(C4CCC5(CCCCC5)CC4)cc2-3)[n+](C)cc1C.Cc1cc(-c2c(C)ccc3c2Cc2cccc(C4CCC5(CCCCC5)CC4)c2-3)[n+](C)cc1C. The molecule has 8 aromatic carbocycles. The number of aromatic nitrogens is 4. The van der Waals surface area contributed by atoms with E-state index in [1.807, 2.05) is 0 Å². The average Bonchev–Trinajstić information content (AvgIpc) is 1.55. The van der Waals surface area contributed by atoms with Crippen LogP contribution in [-0.2, 0) is 53.9 Å². The van der Waals surface area contributed by atoms with Crippen LogP contribution in [0, 0.1) is 105 Å². The molecule has 4 heterocycles. The molecular weight excluding hydrogens is 1640 g/mol. The fourth-order valence-corrected chi connectivity index (χ4v) is 30.3. The van der Waals surface area contributed by atoms with Crippen LogP contribution in [0.2, 0.25) is 0 Å². The third-order valence-electron chi connectivity index (χ3n) is 38.9. The second kappa shape index (κ2) is 37.8. The van der Waals surface area contributed by atoms with Crippen molar-refractivity contribution in [1.82, 2.24) is 0 Å². The average molecular weight is 1800 g/mol. The van der Waals surface area contributed by atoms with Crippen LogP contribution in [0.15, 0.2) is 170 Å². The molecule has 8 saturated carbocycles. The van der Waals surface area contributed by atoms with E-state index in [0.717, 1.165) is 43.4 Å². The largest absolute Gasteiger partial charge is 0.213 e. The molecule has 12 aliphatic carbocycles. The van der Waals surface area contributed by atoms with Crippen LogP contribution in [0.25, 0.3) is 89.5 Å². The molecule has 0 saturated heterocycles. The molecule has 0 unspecified atom stereocenters. The predicted octanol–water partition coefficient (Wildman–Crippen LogP) is 33.1. The first-order chi connectivity index (χ1) is 65.8. The van der Waals surface area contributed by atoms with Gasteiger partial charge in [0.2, 0.25) is 22.8 Å². The molecule has 0 bridgehead atoms. The fraction of sp³-hybridized carbons (Fsp3) is 0.485. The topological polar surface area (TPSA) is 15.5 Å². The molecule has 24 rings (SSSR count). The third-order valence-corrected chi connectivity index (χ3v) is 38.9. The quantitative estimate of drug-likeness (QED) is 0.135. The summed E-state index contributed by atoms with van der Waals surface area (Å²) in [4.78, 5) is 0. The Morgan fingerprint density at radius 2 is 0.537 bits per heavy atom.